The Hall–Kier alpha value is -2.61. The van der Waals surface area contributed by atoms with Crippen molar-refractivity contribution in [1.29, 1.82) is 0 Å². The van der Waals surface area contributed by atoms with Gasteiger partial charge in [-0.05, 0) is 37.5 Å². The summed E-state index contributed by atoms with van der Waals surface area (Å²) in [6, 6.07) is 5.03. The predicted octanol–water partition coefficient (Wildman–Crippen LogP) is 2.68. The molecule has 0 saturated carbocycles. The molecule has 1 N–H and O–H groups in total. The number of nitrogens with zero attached hydrogens (tertiary/aromatic N) is 2. The van der Waals surface area contributed by atoms with E-state index in [4.69, 9.17) is 9.47 Å². The van der Waals surface area contributed by atoms with Gasteiger partial charge in [-0.25, -0.2) is 4.98 Å². The normalized spacial score (nSPS) is 15.8. The SMILES string of the molecule is O=C(Nc1nc(CC(=O)N2CCCCC2)cs1)c1ccc2c(c1)OCO2. The molecule has 0 atom stereocenters. The number of carbonyl (C=O) groups excluding carboxylic acids is 2. The van der Waals surface area contributed by atoms with Crippen LogP contribution in [0.25, 0.3) is 0 Å². The van der Waals surface area contributed by atoms with E-state index in [2.05, 4.69) is 10.3 Å². The molecule has 0 radical (unpaired) electrons. The lowest BCUT2D eigenvalue weighted by Gasteiger charge is -2.26. The third-order valence-corrected chi connectivity index (χ3v) is 5.25. The van der Waals surface area contributed by atoms with E-state index in [-0.39, 0.29) is 25.0 Å². The summed E-state index contributed by atoms with van der Waals surface area (Å²) < 4.78 is 10.5. The van der Waals surface area contributed by atoms with Crippen molar-refractivity contribution in [2.24, 2.45) is 0 Å². The van der Waals surface area contributed by atoms with Crippen molar-refractivity contribution in [1.82, 2.24) is 9.88 Å². The number of thiazole rings is 1. The summed E-state index contributed by atoms with van der Waals surface area (Å²) >= 11 is 1.32. The molecule has 26 heavy (non-hydrogen) atoms. The fourth-order valence-electron chi connectivity index (χ4n) is 3.06. The van der Waals surface area contributed by atoms with Gasteiger partial charge in [0.15, 0.2) is 16.6 Å². The minimum Gasteiger partial charge on any atom is -0.454 e. The minimum atomic E-state index is -0.272. The van der Waals surface area contributed by atoms with Crippen LogP contribution < -0.4 is 14.8 Å². The maximum absolute atomic E-state index is 12.4. The van der Waals surface area contributed by atoms with Crippen molar-refractivity contribution in [2.45, 2.75) is 25.7 Å². The van der Waals surface area contributed by atoms with Crippen LogP contribution in [-0.2, 0) is 11.2 Å². The number of ether oxygens (including phenoxy) is 2. The van der Waals surface area contributed by atoms with Crippen LogP contribution in [0.2, 0.25) is 0 Å². The highest BCUT2D eigenvalue weighted by Crippen LogP contribution is 2.32. The Labute approximate surface area is 154 Å². The maximum Gasteiger partial charge on any atom is 0.257 e. The average molecular weight is 373 g/mol. The van der Waals surface area contributed by atoms with Gasteiger partial charge in [0.2, 0.25) is 12.7 Å². The van der Waals surface area contributed by atoms with Crippen LogP contribution in [0.3, 0.4) is 0 Å². The molecule has 7 nitrogen and oxygen atoms in total. The quantitative estimate of drug-likeness (QED) is 0.891. The first-order valence-corrected chi connectivity index (χ1v) is 9.50. The summed E-state index contributed by atoms with van der Waals surface area (Å²) in [6.45, 7) is 1.83. The summed E-state index contributed by atoms with van der Waals surface area (Å²) in [5.41, 5.74) is 1.15. The molecule has 1 aromatic carbocycles. The van der Waals surface area contributed by atoms with Gasteiger partial charge in [0.1, 0.15) is 0 Å². The van der Waals surface area contributed by atoms with Crippen LogP contribution in [-0.4, -0.2) is 41.6 Å². The number of hydrogen-bond donors (Lipinski definition) is 1. The second-order valence-electron chi connectivity index (χ2n) is 6.28. The highest BCUT2D eigenvalue weighted by molar-refractivity contribution is 7.14. The van der Waals surface area contributed by atoms with Crippen molar-refractivity contribution in [3.63, 3.8) is 0 Å². The van der Waals surface area contributed by atoms with Gasteiger partial charge in [-0.2, -0.15) is 0 Å². The molecule has 2 amide bonds. The second-order valence-corrected chi connectivity index (χ2v) is 7.14. The topological polar surface area (TPSA) is 80.8 Å². The number of aromatic nitrogens is 1. The first-order chi connectivity index (χ1) is 12.7. The van der Waals surface area contributed by atoms with Crippen molar-refractivity contribution >= 4 is 28.3 Å². The molecule has 0 aliphatic carbocycles. The van der Waals surface area contributed by atoms with Crippen LogP contribution >= 0.6 is 11.3 Å². The molecule has 4 rings (SSSR count). The first kappa shape index (κ1) is 16.8. The molecule has 1 aromatic heterocycles. The lowest BCUT2D eigenvalue weighted by atomic mass is 10.1. The van der Waals surface area contributed by atoms with Crippen molar-refractivity contribution in [3.05, 3.63) is 34.8 Å². The molecule has 1 saturated heterocycles. The fourth-order valence-corrected chi connectivity index (χ4v) is 3.77. The molecule has 1 fully saturated rings. The van der Waals surface area contributed by atoms with E-state index in [1.54, 1.807) is 18.2 Å². The molecule has 3 heterocycles. The number of amides is 2. The first-order valence-electron chi connectivity index (χ1n) is 8.62. The highest BCUT2D eigenvalue weighted by Gasteiger charge is 2.19. The molecule has 0 spiro atoms. The molecular formula is C18H19N3O4S. The molecule has 0 unspecified atom stereocenters. The van der Waals surface area contributed by atoms with E-state index in [1.165, 1.54) is 17.8 Å². The summed E-state index contributed by atoms with van der Waals surface area (Å²) in [5, 5.41) is 5.07. The lowest BCUT2D eigenvalue weighted by Crippen LogP contribution is -2.36. The molecule has 136 valence electrons. The number of hydrogen-bond acceptors (Lipinski definition) is 6. The van der Waals surface area contributed by atoms with Crippen molar-refractivity contribution in [2.75, 3.05) is 25.2 Å². The summed E-state index contributed by atoms with van der Waals surface area (Å²) in [7, 11) is 0. The van der Waals surface area contributed by atoms with Gasteiger partial charge in [-0.15, -0.1) is 11.3 Å². The Balaban J connectivity index is 1.37. The standard InChI is InChI=1S/C18H19N3O4S/c22-16(21-6-2-1-3-7-21)9-13-10-26-18(19-13)20-17(23)12-4-5-14-15(8-12)25-11-24-14/h4-5,8,10H,1-3,6-7,9,11H2,(H,19,20,23). The lowest BCUT2D eigenvalue weighted by molar-refractivity contribution is -0.131. The number of benzene rings is 1. The fraction of sp³-hybridized carbons (Fsp3) is 0.389. The van der Waals surface area contributed by atoms with Gasteiger partial charge >= 0.3 is 0 Å². The van der Waals surface area contributed by atoms with Gasteiger partial charge in [0, 0.05) is 24.0 Å². The number of piperidine rings is 1. The smallest absolute Gasteiger partial charge is 0.257 e. The monoisotopic (exact) mass is 373 g/mol. The predicted molar refractivity (Wildman–Crippen MR) is 96.8 cm³/mol. The number of fused-ring (bicyclic) bond motifs is 1. The van der Waals surface area contributed by atoms with Crippen LogP contribution in [0.15, 0.2) is 23.6 Å². The molecular weight excluding hydrogens is 354 g/mol. The van der Waals surface area contributed by atoms with E-state index in [0.717, 1.165) is 25.9 Å². The Morgan fingerprint density at radius 1 is 1.15 bits per heavy atom. The zero-order valence-electron chi connectivity index (χ0n) is 14.2. The Kier molecular flexibility index (Phi) is 4.75. The second kappa shape index (κ2) is 7.33. The Bertz CT molecular complexity index is 830. The largest absolute Gasteiger partial charge is 0.454 e. The van der Waals surface area contributed by atoms with E-state index >= 15 is 0 Å². The number of rotatable bonds is 4. The van der Waals surface area contributed by atoms with Crippen LogP contribution in [0.1, 0.15) is 35.3 Å². The summed E-state index contributed by atoms with van der Waals surface area (Å²) in [4.78, 5) is 30.9. The molecule has 2 aliphatic heterocycles. The minimum absolute atomic E-state index is 0.101. The Morgan fingerprint density at radius 2 is 1.96 bits per heavy atom. The Morgan fingerprint density at radius 3 is 2.81 bits per heavy atom. The van der Waals surface area contributed by atoms with Crippen LogP contribution in [0.4, 0.5) is 5.13 Å². The van der Waals surface area contributed by atoms with Crippen LogP contribution in [0.5, 0.6) is 11.5 Å². The van der Waals surface area contributed by atoms with Crippen LogP contribution in [0, 0.1) is 0 Å². The summed E-state index contributed by atoms with van der Waals surface area (Å²) in [5.74, 6) is 1.02. The zero-order valence-corrected chi connectivity index (χ0v) is 15.0. The maximum atomic E-state index is 12.4. The van der Waals surface area contributed by atoms with Gasteiger partial charge < -0.3 is 14.4 Å². The number of carbonyl (C=O) groups is 2. The van der Waals surface area contributed by atoms with E-state index in [1.807, 2.05) is 10.3 Å². The van der Waals surface area contributed by atoms with Gasteiger partial charge in [0.25, 0.3) is 5.91 Å². The number of anilines is 1. The molecule has 2 aliphatic rings. The van der Waals surface area contributed by atoms with E-state index in [9.17, 15) is 9.59 Å². The average Bonchev–Trinajstić information content (AvgIpc) is 3.31. The van der Waals surface area contributed by atoms with Gasteiger partial charge in [-0.1, -0.05) is 0 Å². The van der Waals surface area contributed by atoms with E-state index < -0.39 is 0 Å². The van der Waals surface area contributed by atoms with Gasteiger partial charge in [-0.3, -0.25) is 14.9 Å². The molecule has 8 heteroatoms. The number of nitrogens with one attached hydrogen (secondary N) is 1. The summed E-state index contributed by atoms with van der Waals surface area (Å²) in [6.07, 6.45) is 3.60. The van der Waals surface area contributed by atoms with Crippen molar-refractivity contribution < 1.29 is 19.1 Å². The molecule has 0 bridgehead atoms. The highest BCUT2D eigenvalue weighted by atomic mass is 32.1. The third kappa shape index (κ3) is 3.65. The number of likely N-dealkylation sites (tertiary alicyclic amines) is 1. The molecule has 2 aromatic rings. The van der Waals surface area contributed by atoms with Crippen molar-refractivity contribution in [3.8, 4) is 11.5 Å². The van der Waals surface area contributed by atoms with Gasteiger partial charge in [0.05, 0.1) is 12.1 Å². The zero-order chi connectivity index (χ0) is 17.9. The third-order valence-electron chi connectivity index (χ3n) is 4.45. The van der Waals surface area contributed by atoms with E-state index in [0.29, 0.717) is 27.9 Å².